The molecular weight excluding hydrogens is 198 g/mol. The maximum Gasteiger partial charge on any atom is 0.119 e. The molecule has 0 amide bonds. The number of benzene rings is 1. The monoisotopic (exact) mass is 219 g/mol. The van der Waals surface area contributed by atoms with E-state index in [1.54, 1.807) is 0 Å². The molecule has 0 radical (unpaired) electrons. The SMILES string of the molecule is CC(C)N1CCC(Oc2ccccc2)CC1. The normalized spacial score (nSPS) is 18.9. The van der Waals surface area contributed by atoms with Crippen LogP contribution in [0.5, 0.6) is 5.75 Å². The van der Waals surface area contributed by atoms with Gasteiger partial charge in [-0.25, -0.2) is 0 Å². The van der Waals surface area contributed by atoms with E-state index in [0.29, 0.717) is 12.1 Å². The lowest BCUT2D eigenvalue weighted by atomic mass is 10.1. The van der Waals surface area contributed by atoms with E-state index in [9.17, 15) is 0 Å². The summed E-state index contributed by atoms with van der Waals surface area (Å²) in [6.07, 6.45) is 2.69. The fourth-order valence-electron chi connectivity index (χ4n) is 2.20. The molecular formula is C14H21NO. The molecule has 1 saturated heterocycles. The number of hydrogen-bond acceptors (Lipinski definition) is 2. The average Bonchev–Trinajstić information content (AvgIpc) is 2.31. The second kappa shape index (κ2) is 5.35. The third kappa shape index (κ3) is 2.99. The lowest BCUT2D eigenvalue weighted by Crippen LogP contribution is -2.41. The Morgan fingerprint density at radius 2 is 1.75 bits per heavy atom. The van der Waals surface area contributed by atoms with E-state index in [2.05, 4.69) is 18.7 Å². The third-order valence-corrected chi connectivity index (χ3v) is 3.25. The summed E-state index contributed by atoms with van der Waals surface area (Å²) in [4.78, 5) is 2.52. The van der Waals surface area contributed by atoms with Crippen LogP contribution in [-0.2, 0) is 0 Å². The molecule has 1 aliphatic rings. The first-order valence-corrected chi connectivity index (χ1v) is 6.21. The summed E-state index contributed by atoms with van der Waals surface area (Å²) in [5.41, 5.74) is 0. The number of ether oxygens (including phenoxy) is 1. The molecule has 2 nitrogen and oxygen atoms in total. The molecule has 0 unspecified atom stereocenters. The Morgan fingerprint density at radius 3 is 2.31 bits per heavy atom. The molecule has 0 aliphatic carbocycles. The number of nitrogens with zero attached hydrogens (tertiary/aromatic N) is 1. The van der Waals surface area contributed by atoms with Crippen LogP contribution in [0.1, 0.15) is 26.7 Å². The summed E-state index contributed by atoms with van der Waals surface area (Å²) in [6, 6.07) is 10.8. The summed E-state index contributed by atoms with van der Waals surface area (Å²) < 4.78 is 5.96. The van der Waals surface area contributed by atoms with Gasteiger partial charge in [0.25, 0.3) is 0 Å². The van der Waals surface area contributed by atoms with Gasteiger partial charge in [-0.05, 0) is 38.8 Å². The van der Waals surface area contributed by atoms with Crippen molar-refractivity contribution in [3.05, 3.63) is 30.3 Å². The van der Waals surface area contributed by atoms with Crippen LogP contribution in [0.15, 0.2) is 30.3 Å². The highest BCUT2D eigenvalue weighted by Gasteiger charge is 2.21. The lowest BCUT2D eigenvalue weighted by Gasteiger charge is -2.34. The molecule has 1 aromatic carbocycles. The molecule has 2 heteroatoms. The van der Waals surface area contributed by atoms with Crippen LogP contribution in [-0.4, -0.2) is 30.1 Å². The van der Waals surface area contributed by atoms with Gasteiger partial charge in [-0.1, -0.05) is 18.2 Å². The predicted octanol–water partition coefficient (Wildman–Crippen LogP) is 2.94. The zero-order valence-corrected chi connectivity index (χ0v) is 10.2. The third-order valence-electron chi connectivity index (χ3n) is 3.25. The van der Waals surface area contributed by atoms with Crippen molar-refractivity contribution in [1.82, 2.24) is 4.90 Å². The van der Waals surface area contributed by atoms with E-state index in [0.717, 1.165) is 31.7 Å². The molecule has 16 heavy (non-hydrogen) atoms. The summed E-state index contributed by atoms with van der Waals surface area (Å²) in [6.45, 7) is 6.85. The Balaban J connectivity index is 1.82. The van der Waals surface area contributed by atoms with Gasteiger partial charge in [-0.15, -0.1) is 0 Å². The summed E-state index contributed by atoms with van der Waals surface area (Å²) >= 11 is 0. The summed E-state index contributed by atoms with van der Waals surface area (Å²) in [5, 5.41) is 0. The van der Waals surface area contributed by atoms with Crippen LogP contribution in [0.4, 0.5) is 0 Å². The Bertz CT molecular complexity index is 302. The minimum atomic E-state index is 0.400. The molecule has 0 saturated carbocycles. The van der Waals surface area contributed by atoms with Gasteiger partial charge in [0.2, 0.25) is 0 Å². The van der Waals surface area contributed by atoms with Crippen LogP contribution in [0.2, 0.25) is 0 Å². The first kappa shape index (κ1) is 11.5. The van der Waals surface area contributed by atoms with Crippen molar-refractivity contribution in [3.8, 4) is 5.75 Å². The van der Waals surface area contributed by atoms with Gasteiger partial charge in [0.05, 0.1) is 0 Å². The van der Waals surface area contributed by atoms with Gasteiger partial charge in [0.1, 0.15) is 11.9 Å². The summed E-state index contributed by atoms with van der Waals surface area (Å²) in [7, 11) is 0. The molecule has 1 heterocycles. The van der Waals surface area contributed by atoms with Gasteiger partial charge in [0, 0.05) is 19.1 Å². The van der Waals surface area contributed by atoms with E-state index in [1.807, 2.05) is 30.3 Å². The Labute approximate surface area is 98.2 Å². The number of para-hydroxylation sites is 1. The van der Waals surface area contributed by atoms with E-state index in [1.165, 1.54) is 0 Å². The second-order valence-electron chi connectivity index (χ2n) is 4.76. The molecule has 1 aliphatic heterocycles. The number of piperidine rings is 1. The maximum absolute atomic E-state index is 5.96. The maximum atomic E-state index is 5.96. The minimum Gasteiger partial charge on any atom is -0.490 e. The van der Waals surface area contributed by atoms with Crippen molar-refractivity contribution in [3.63, 3.8) is 0 Å². The van der Waals surface area contributed by atoms with Crippen molar-refractivity contribution in [2.24, 2.45) is 0 Å². The van der Waals surface area contributed by atoms with Crippen LogP contribution < -0.4 is 4.74 Å². The van der Waals surface area contributed by atoms with Crippen LogP contribution in [0.25, 0.3) is 0 Å². The number of rotatable bonds is 3. The fraction of sp³-hybridized carbons (Fsp3) is 0.571. The van der Waals surface area contributed by atoms with Crippen molar-refractivity contribution in [2.45, 2.75) is 38.8 Å². The molecule has 0 atom stereocenters. The smallest absolute Gasteiger partial charge is 0.119 e. The van der Waals surface area contributed by atoms with Crippen molar-refractivity contribution < 1.29 is 4.74 Å². The fourth-order valence-corrected chi connectivity index (χ4v) is 2.20. The second-order valence-corrected chi connectivity index (χ2v) is 4.76. The van der Waals surface area contributed by atoms with Gasteiger partial charge < -0.3 is 9.64 Å². The van der Waals surface area contributed by atoms with Gasteiger partial charge in [-0.2, -0.15) is 0 Å². The van der Waals surface area contributed by atoms with Crippen molar-refractivity contribution in [2.75, 3.05) is 13.1 Å². The van der Waals surface area contributed by atoms with Crippen LogP contribution in [0, 0.1) is 0 Å². The Hall–Kier alpha value is -1.02. The molecule has 88 valence electrons. The van der Waals surface area contributed by atoms with E-state index < -0.39 is 0 Å². The highest BCUT2D eigenvalue weighted by molar-refractivity contribution is 5.21. The van der Waals surface area contributed by atoms with Gasteiger partial charge >= 0.3 is 0 Å². The van der Waals surface area contributed by atoms with Crippen molar-refractivity contribution >= 4 is 0 Å². The van der Waals surface area contributed by atoms with Crippen molar-refractivity contribution in [1.29, 1.82) is 0 Å². The molecule has 1 aromatic rings. The quantitative estimate of drug-likeness (QED) is 0.775. The average molecular weight is 219 g/mol. The van der Waals surface area contributed by atoms with Gasteiger partial charge in [0.15, 0.2) is 0 Å². The largest absolute Gasteiger partial charge is 0.490 e. The molecule has 0 spiro atoms. The first-order chi connectivity index (χ1) is 7.75. The predicted molar refractivity (Wildman–Crippen MR) is 66.8 cm³/mol. The first-order valence-electron chi connectivity index (χ1n) is 6.21. The zero-order valence-electron chi connectivity index (χ0n) is 10.2. The Morgan fingerprint density at radius 1 is 1.12 bits per heavy atom. The van der Waals surface area contributed by atoms with Crippen LogP contribution >= 0.6 is 0 Å². The standard InChI is InChI=1S/C14H21NO/c1-12(2)15-10-8-14(9-11-15)16-13-6-4-3-5-7-13/h3-7,12,14H,8-11H2,1-2H3. The lowest BCUT2D eigenvalue weighted by molar-refractivity contribution is 0.0843. The van der Waals surface area contributed by atoms with E-state index in [-0.39, 0.29) is 0 Å². The minimum absolute atomic E-state index is 0.400. The molecule has 2 rings (SSSR count). The topological polar surface area (TPSA) is 12.5 Å². The molecule has 1 fully saturated rings. The molecule has 0 bridgehead atoms. The molecule has 0 N–H and O–H groups in total. The highest BCUT2D eigenvalue weighted by atomic mass is 16.5. The highest BCUT2D eigenvalue weighted by Crippen LogP contribution is 2.19. The molecule has 0 aromatic heterocycles. The number of likely N-dealkylation sites (tertiary alicyclic amines) is 1. The number of hydrogen-bond donors (Lipinski definition) is 0. The van der Waals surface area contributed by atoms with E-state index >= 15 is 0 Å². The zero-order chi connectivity index (χ0) is 11.4. The van der Waals surface area contributed by atoms with Gasteiger partial charge in [-0.3, -0.25) is 0 Å². The Kier molecular flexibility index (Phi) is 3.83. The van der Waals surface area contributed by atoms with E-state index in [4.69, 9.17) is 4.74 Å². The summed E-state index contributed by atoms with van der Waals surface area (Å²) in [5.74, 6) is 1.01. The van der Waals surface area contributed by atoms with Crippen LogP contribution in [0.3, 0.4) is 0 Å².